The predicted molar refractivity (Wildman–Crippen MR) is 71.1 cm³/mol. The van der Waals surface area contributed by atoms with E-state index in [0.29, 0.717) is 5.75 Å². The molecule has 0 spiro atoms. The first-order valence-electron chi connectivity index (χ1n) is 6.47. The topological polar surface area (TPSA) is 59.7 Å². The minimum atomic E-state index is -4.08. The minimum absolute atomic E-state index is 0.0498. The number of aromatic carboxylic acids is 1. The third-order valence-electron chi connectivity index (χ3n) is 2.94. The molecule has 0 unspecified atom stereocenters. The molecule has 8 heteroatoms. The van der Waals surface area contributed by atoms with E-state index in [4.69, 9.17) is 14.3 Å². The van der Waals surface area contributed by atoms with Crippen LogP contribution in [0.3, 0.4) is 0 Å². The van der Waals surface area contributed by atoms with Crippen molar-refractivity contribution in [1.29, 1.82) is 0 Å². The lowest BCUT2D eigenvalue weighted by Gasteiger charge is -2.15. The molecule has 0 bridgehead atoms. The Kier molecular flexibility index (Phi) is 4.92. The molecule has 23 heavy (non-hydrogen) atoms. The Morgan fingerprint density at radius 1 is 1.17 bits per heavy atom. The lowest BCUT2D eigenvalue weighted by Crippen LogP contribution is -2.29. The summed E-state index contributed by atoms with van der Waals surface area (Å²) in [7, 11) is 0. The van der Waals surface area contributed by atoms with Gasteiger partial charge in [-0.05, 0) is 29.8 Å². The average molecular weight is 332 g/mol. The number of carbonyl (C=O) groups is 1. The molecule has 0 aliphatic carbocycles. The fourth-order valence-corrected chi connectivity index (χ4v) is 1.78. The lowest BCUT2D eigenvalue weighted by molar-refractivity contribution is -0.127. The first-order valence-corrected chi connectivity index (χ1v) is 6.47. The van der Waals surface area contributed by atoms with Crippen molar-refractivity contribution in [2.75, 3.05) is 0 Å². The van der Waals surface area contributed by atoms with Gasteiger partial charge in [0.1, 0.15) is 18.1 Å². The third kappa shape index (κ3) is 4.48. The highest BCUT2D eigenvalue weighted by molar-refractivity contribution is 5.84. The van der Waals surface area contributed by atoms with Crippen molar-refractivity contribution < 1.29 is 36.6 Å². The van der Waals surface area contributed by atoms with Gasteiger partial charge in [-0.3, -0.25) is 0 Å². The first kappa shape index (κ1) is 16.9. The number of rotatable bonds is 7. The highest BCUT2D eigenvalue weighted by atomic mass is 19.3. The summed E-state index contributed by atoms with van der Waals surface area (Å²) in [6.45, 7) is -0.0557. The maximum Gasteiger partial charge on any atom is 0.371 e. The summed E-state index contributed by atoms with van der Waals surface area (Å²) in [6, 6.07) is 7.94. The van der Waals surface area contributed by atoms with Crippen LogP contribution in [0, 0.1) is 0 Å². The quantitative estimate of drug-likeness (QED) is 0.779. The predicted octanol–water partition coefficient (Wildman–Crippen LogP) is 4.00. The molecule has 124 valence electrons. The third-order valence-corrected chi connectivity index (χ3v) is 2.94. The second kappa shape index (κ2) is 6.72. The Balaban J connectivity index is 1.93. The molecule has 0 aliphatic heterocycles. The number of hydrogen-bond acceptors (Lipinski definition) is 3. The standard InChI is InChI=1S/C15H12F4O4/c16-14(17)15(18,19)7-9-1-3-10(4-2-9)22-8-11-5-6-12(23-11)13(20)21/h1-6,14H,7-8H2,(H,20,21). The molecule has 0 fully saturated rings. The largest absolute Gasteiger partial charge is 0.486 e. The van der Waals surface area contributed by atoms with Crippen molar-refractivity contribution in [3.63, 3.8) is 0 Å². The number of furan rings is 1. The minimum Gasteiger partial charge on any atom is -0.486 e. The molecule has 2 rings (SSSR count). The molecule has 0 amide bonds. The van der Waals surface area contributed by atoms with Crippen molar-refractivity contribution in [1.82, 2.24) is 0 Å². The van der Waals surface area contributed by atoms with Crippen LogP contribution in [0.25, 0.3) is 0 Å². The van der Waals surface area contributed by atoms with Gasteiger partial charge in [-0.1, -0.05) is 12.1 Å². The van der Waals surface area contributed by atoms with E-state index < -0.39 is 24.7 Å². The zero-order valence-electron chi connectivity index (χ0n) is 11.6. The second-order valence-corrected chi connectivity index (χ2v) is 4.74. The zero-order valence-corrected chi connectivity index (χ0v) is 11.6. The molecule has 0 saturated heterocycles. The maximum atomic E-state index is 12.9. The summed E-state index contributed by atoms with van der Waals surface area (Å²) >= 11 is 0. The number of carboxylic acid groups (broad SMARTS) is 1. The smallest absolute Gasteiger partial charge is 0.371 e. The van der Waals surface area contributed by atoms with Gasteiger partial charge in [-0.25, -0.2) is 13.6 Å². The van der Waals surface area contributed by atoms with Gasteiger partial charge in [-0.15, -0.1) is 0 Å². The second-order valence-electron chi connectivity index (χ2n) is 4.74. The molecule has 0 saturated carbocycles. The van der Waals surface area contributed by atoms with Crippen molar-refractivity contribution >= 4 is 5.97 Å². The number of hydrogen-bond donors (Lipinski definition) is 1. The van der Waals surface area contributed by atoms with Crippen LogP contribution in [-0.2, 0) is 13.0 Å². The van der Waals surface area contributed by atoms with Crippen LogP contribution in [-0.4, -0.2) is 23.4 Å². The molecule has 1 heterocycles. The van der Waals surface area contributed by atoms with Crippen molar-refractivity contribution in [2.24, 2.45) is 0 Å². The van der Waals surface area contributed by atoms with Gasteiger partial charge >= 0.3 is 18.3 Å². The molecule has 0 aliphatic rings. The lowest BCUT2D eigenvalue weighted by atomic mass is 10.1. The molecular weight excluding hydrogens is 320 g/mol. The monoisotopic (exact) mass is 332 g/mol. The van der Waals surface area contributed by atoms with E-state index in [9.17, 15) is 22.4 Å². The Hall–Kier alpha value is -2.51. The summed E-state index contributed by atoms with van der Waals surface area (Å²) in [5.74, 6) is -4.93. The molecule has 0 atom stereocenters. The van der Waals surface area contributed by atoms with Gasteiger partial charge in [0.05, 0.1) is 0 Å². The van der Waals surface area contributed by atoms with Crippen LogP contribution in [0.5, 0.6) is 5.75 Å². The first-order chi connectivity index (χ1) is 10.8. The summed E-state index contributed by atoms with van der Waals surface area (Å²) in [6.07, 6.45) is -4.79. The van der Waals surface area contributed by atoms with E-state index in [2.05, 4.69) is 0 Å². The molecule has 0 radical (unpaired) electrons. The Morgan fingerprint density at radius 2 is 1.83 bits per heavy atom. The summed E-state index contributed by atoms with van der Waals surface area (Å²) in [5.41, 5.74) is 0.0498. The molecule has 4 nitrogen and oxygen atoms in total. The van der Waals surface area contributed by atoms with Crippen molar-refractivity contribution in [2.45, 2.75) is 25.4 Å². The number of halogens is 4. The summed E-state index contributed by atoms with van der Waals surface area (Å²) in [5, 5.41) is 8.70. The van der Waals surface area contributed by atoms with E-state index in [1.165, 1.54) is 36.4 Å². The molecule has 1 N–H and O–H groups in total. The fraction of sp³-hybridized carbons (Fsp3) is 0.267. The Morgan fingerprint density at radius 3 is 2.35 bits per heavy atom. The van der Waals surface area contributed by atoms with Gasteiger partial charge in [0, 0.05) is 6.42 Å². The van der Waals surface area contributed by atoms with Gasteiger partial charge in [-0.2, -0.15) is 8.78 Å². The van der Waals surface area contributed by atoms with E-state index in [1.54, 1.807) is 0 Å². The van der Waals surface area contributed by atoms with E-state index in [-0.39, 0.29) is 23.7 Å². The van der Waals surface area contributed by atoms with Gasteiger partial charge < -0.3 is 14.3 Å². The summed E-state index contributed by atoms with van der Waals surface area (Å²) < 4.78 is 60.4. The van der Waals surface area contributed by atoms with Gasteiger partial charge in [0.25, 0.3) is 0 Å². The van der Waals surface area contributed by atoms with Crippen LogP contribution in [0.15, 0.2) is 40.8 Å². The molecular formula is C15H12F4O4. The highest BCUT2D eigenvalue weighted by Gasteiger charge is 2.40. The van der Waals surface area contributed by atoms with Crippen LogP contribution in [0.2, 0.25) is 0 Å². The van der Waals surface area contributed by atoms with Crippen molar-refractivity contribution in [3.05, 3.63) is 53.5 Å². The molecule has 1 aromatic heterocycles. The number of alkyl halides is 4. The SMILES string of the molecule is O=C(O)c1ccc(COc2ccc(CC(F)(F)C(F)F)cc2)o1. The molecule has 1 aromatic carbocycles. The fourth-order valence-electron chi connectivity index (χ4n) is 1.78. The Labute approximate surface area is 128 Å². The van der Waals surface area contributed by atoms with Gasteiger partial charge in [0.2, 0.25) is 5.76 Å². The normalized spacial score (nSPS) is 11.7. The number of ether oxygens (including phenoxy) is 1. The zero-order chi connectivity index (χ0) is 17.0. The van der Waals surface area contributed by atoms with E-state index >= 15 is 0 Å². The highest BCUT2D eigenvalue weighted by Crippen LogP contribution is 2.28. The van der Waals surface area contributed by atoms with Crippen LogP contribution < -0.4 is 4.74 Å². The maximum absolute atomic E-state index is 12.9. The average Bonchev–Trinajstić information content (AvgIpc) is 2.95. The van der Waals surface area contributed by atoms with E-state index in [0.717, 1.165) is 0 Å². The van der Waals surface area contributed by atoms with Crippen LogP contribution in [0.1, 0.15) is 21.9 Å². The Bertz CT molecular complexity index is 664. The van der Waals surface area contributed by atoms with Crippen LogP contribution >= 0.6 is 0 Å². The van der Waals surface area contributed by atoms with E-state index in [1.807, 2.05) is 0 Å². The number of benzene rings is 1. The summed E-state index contributed by atoms with van der Waals surface area (Å²) in [4.78, 5) is 10.6. The number of carboxylic acids is 1. The molecule has 2 aromatic rings. The van der Waals surface area contributed by atoms with Crippen molar-refractivity contribution in [3.8, 4) is 5.75 Å². The van der Waals surface area contributed by atoms with Crippen LogP contribution in [0.4, 0.5) is 17.6 Å². The van der Waals surface area contributed by atoms with Gasteiger partial charge in [0.15, 0.2) is 0 Å².